The van der Waals surface area contributed by atoms with Crippen molar-refractivity contribution in [2.75, 3.05) is 62.0 Å². The van der Waals surface area contributed by atoms with Gasteiger partial charge in [0.1, 0.15) is 54.7 Å². The zero-order valence-electron chi connectivity index (χ0n) is 82.8. The molecule has 746 valence electrons. The smallest absolute Gasteiger partial charge is 0.373 e. The molecule has 0 N–H and O–H groups in total. The van der Waals surface area contributed by atoms with E-state index in [9.17, 15) is 43.2 Å². The third kappa shape index (κ3) is 35.6. The number of aromatic nitrogens is 12. The average molecular weight is 1910 g/mol. The van der Waals surface area contributed by atoms with Gasteiger partial charge in [0.2, 0.25) is 0 Å². The van der Waals surface area contributed by atoms with Crippen LogP contribution in [0, 0.1) is 104 Å². The number of ether oxygens (including phenoxy) is 12. The summed E-state index contributed by atoms with van der Waals surface area (Å²) in [5, 5.41) is 34.1. The number of terminal acetylenes is 4. The van der Waals surface area contributed by atoms with Crippen LogP contribution < -0.4 is 0 Å². The number of methoxy groups -OCH3 is 5. The third-order valence-electron chi connectivity index (χ3n) is 20.7. The molecule has 0 saturated heterocycles. The maximum Gasteiger partial charge on any atom is 0.373 e. The summed E-state index contributed by atoms with van der Waals surface area (Å²) in [4.78, 5) is 237. The van der Waals surface area contributed by atoms with Gasteiger partial charge in [-0.05, 0) is 162 Å². The van der Waals surface area contributed by atoms with Crippen molar-refractivity contribution in [3.63, 3.8) is 0 Å². The van der Waals surface area contributed by atoms with Crippen LogP contribution in [-0.2, 0) is 174 Å². The van der Waals surface area contributed by atoms with Gasteiger partial charge in [-0.15, -0.1) is 69.8 Å². The lowest BCUT2D eigenvalue weighted by Crippen LogP contribution is -2.48. The minimum Gasteiger partial charge on any atom is -0.469 e. The lowest BCUT2D eigenvalue weighted by atomic mass is 9.78. The Labute approximate surface area is 790 Å². The largest absolute Gasteiger partial charge is 0.469 e. The van der Waals surface area contributed by atoms with Crippen LogP contribution in [0.2, 0.25) is 0 Å². The lowest BCUT2D eigenvalue weighted by molar-refractivity contribution is -0.193. The molecule has 0 amide bonds. The molecule has 43 nitrogen and oxygen atoms in total. The Bertz CT molecular complexity index is 4920. The Balaban J connectivity index is 0.00000985. The molecule has 0 bridgehead atoms. The number of Topliss-reactive ketones (excluding diaryl/α,β-unsaturated/α-hetero) is 1. The zero-order valence-corrected chi connectivity index (χ0v) is 82.8. The lowest BCUT2D eigenvalue weighted by Gasteiger charge is -2.37. The van der Waals surface area contributed by atoms with E-state index in [0.29, 0.717) is 18.5 Å². The first-order valence-corrected chi connectivity index (χ1v) is 42.3. The monoisotopic (exact) mass is 1910 g/mol. The van der Waals surface area contributed by atoms with Crippen LogP contribution in [0.4, 0.5) is 0 Å². The SMILES string of the molecule is C#CCC(C)(C)Cc1cn(C(CC(C)(C)C(=O)OCC(COC(=O)C(C)(C)CC(C(=O)OC(C)(C)C)n2cc(CC(C)(CC#C)C(=O)OC)nn2)(COC(=O)C(C)(C)CC(C(=O)OC(C)(C)C)n2cc(CC(CC#C)(C(=O)OC)C(=O)OC)nn2)COC(=O)C(C)(C)CC(C(=O)OC(C)(C)C)n2cc(CC(CC#C)(C(=O)OC)C(=O)OC)nn2)C(=O)C(C)(C)C)nn1.O=C=O.O=C=O.O=C=O. The Morgan fingerprint density at radius 1 is 0.316 bits per heavy atom. The number of esters is 12. The first-order chi connectivity index (χ1) is 62.6. The first kappa shape index (κ1) is 120. The highest BCUT2D eigenvalue weighted by Crippen LogP contribution is 2.42. The van der Waals surface area contributed by atoms with E-state index in [0.717, 1.165) is 42.5 Å². The van der Waals surface area contributed by atoms with E-state index in [1.807, 2.05) is 13.8 Å². The molecule has 4 rings (SSSR count). The number of carbonyl (C=O) groups excluding carboxylic acids is 19. The van der Waals surface area contributed by atoms with Crippen molar-refractivity contribution in [1.82, 2.24) is 60.0 Å². The second-order valence-corrected chi connectivity index (χ2v) is 40.0. The Morgan fingerprint density at radius 3 is 0.772 bits per heavy atom. The summed E-state index contributed by atoms with van der Waals surface area (Å²) in [7, 11) is 5.34. The molecule has 0 aliphatic rings. The van der Waals surface area contributed by atoms with Crippen molar-refractivity contribution >= 4 is 95.9 Å². The highest BCUT2D eigenvalue weighted by atomic mass is 16.6. The summed E-state index contributed by atoms with van der Waals surface area (Å²) in [6.07, 6.45) is 25.5. The van der Waals surface area contributed by atoms with E-state index in [-0.39, 0.29) is 60.6 Å². The summed E-state index contributed by atoms with van der Waals surface area (Å²) in [6.45, 7) is 32.1. The van der Waals surface area contributed by atoms with Crippen molar-refractivity contribution in [3.05, 3.63) is 47.6 Å². The van der Waals surface area contributed by atoms with Gasteiger partial charge in [-0.3, -0.25) is 47.9 Å². The zero-order chi connectivity index (χ0) is 105. The molecule has 4 aromatic heterocycles. The van der Waals surface area contributed by atoms with Crippen LogP contribution in [-0.4, -0.2) is 235 Å². The number of nitrogens with zero attached hydrogens (tertiary/aromatic N) is 12. The molecule has 4 heterocycles. The van der Waals surface area contributed by atoms with Crippen molar-refractivity contribution in [2.45, 2.75) is 277 Å². The highest BCUT2D eigenvalue weighted by molar-refractivity contribution is 6.01. The number of rotatable bonds is 45. The van der Waals surface area contributed by atoms with Gasteiger partial charge in [0, 0.05) is 75.1 Å². The van der Waals surface area contributed by atoms with Gasteiger partial charge >= 0.3 is 90.1 Å². The van der Waals surface area contributed by atoms with Crippen LogP contribution in [0.25, 0.3) is 0 Å². The molecule has 0 fully saturated rings. The van der Waals surface area contributed by atoms with Crippen LogP contribution >= 0.6 is 0 Å². The van der Waals surface area contributed by atoms with Gasteiger partial charge in [0.05, 0.1) is 85.4 Å². The average Bonchev–Trinajstić information content (AvgIpc) is 1.51. The van der Waals surface area contributed by atoms with Gasteiger partial charge in [0.25, 0.3) is 0 Å². The molecular weight excluding hydrogens is 1780 g/mol. The van der Waals surface area contributed by atoms with Crippen LogP contribution in [0.1, 0.15) is 258 Å². The van der Waals surface area contributed by atoms with Crippen molar-refractivity contribution in [3.8, 4) is 49.4 Å². The molecular formula is C93H128N12O31. The fourth-order valence-electron chi connectivity index (χ4n) is 13.7. The van der Waals surface area contributed by atoms with Crippen LogP contribution in [0.5, 0.6) is 0 Å². The Kier molecular flexibility index (Phi) is 44.7. The topological polar surface area (TPSA) is 558 Å². The molecule has 0 saturated carbocycles. The summed E-state index contributed by atoms with van der Waals surface area (Å²) in [5.41, 5.74) is -19.6. The van der Waals surface area contributed by atoms with E-state index in [1.54, 1.807) is 96.2 Å². The molecule has 0 aliphatic carbocycles. The van der Waals surface area contributed by atoms with Gasteiger partial charge in [-0.25, -0.2) is 33.1 Å². The predicted octanol–water partition coefficient (Wildman–Crippen LogP) is 7.17. The molecule has 5 unspecified atom stereocenters. The second kappa shape index (κ2) is 50.5. The summed E-state index contributed by atoms with van der Waals surface area (Å²) in [6, 6.07) is -5.84. The van der Waals surface area contributed by atoms with E-state index in [2.05, 4.69) is 64.9 Å². The fourth-order valence-corrected chi connectivity index (χ4v) is 13.7. The van der Waals surface area contributed by atoms with Crippen LogP contribution in [0.15, 0.2) is 24.8 Å². The Morgan fingerprint density at radius 2 is 0.544 bits per heavy atom. The van der Waals surface area contributed by atoms with E-state index >= 15 is 19.2 Å². The van der Waals surface area contributed by atoms with Gasteiger partial charge in [-0.1, -0.05) is 55.5 Å². The molecule has 0 aromatic carbocycles. The Hall–Kier alpha value is -13.7. The molecule has 43 heteroatoms. The fraction of sp³-hybridized carbons (Fsp3) is 0.656. The molecule has 0 spiro atoms. The predicted molar refractivity (Wildman–Crippen MR) is 469 cm³/mol. The normalized spacial score (nSPS) is 13.6. The summed E-state index contributed by atoms with van der Waals surface area (Å²) in [5.74, 6) is -2.73. The van der Waals surface area contributed by atoms with Gasteiger partial charge in [-0.2, -0.15) is 28.8 Å². The van der Waals surface area contributed by atoms with Gasteiger partial charge in [0.15, 0.2) is 34.7 Å². The van der Waals surface area contributed by atoms with Crippen molar-refractivity contribution < 1.29 is 148 Å². The summed E-state index contributed by atoms with van der Waals surface area (Å²) >= 11 is 0. The standard InChI is InChI=1S/C90H128N12O25.3CO2/c1-33-37-82(17,18)41-57-49-99(95-91-57)61(65(103)78(5,6)7)45-83(19,20)69(107)121-53-88(54-122-70(108)84(21,22)46-62(66(104)125-79(8,9)10)100-50-58(92-96-100)42-87(27,38-34-2)73(111)116-28,55-123-71(109)85(23,24)47-63(67(105)126-80(11,12)13)101-51-59(93-97-101)43-89(39-35-3,74(112)117-29)75(113)118-30)56-124-72(110)86(25,26)48-64(68(106)127-81(14,15)16)102-52-60(94-98-102)44-90(40-36-4,76(114)119-31)77(115)120-32;3*2-1-3/h1-4,49-52,61-64H,37-48,53-56H2,5-32H3;;;. The molecule has 5 atom stereocenters. The maximum atomic E-state index is 15.6. The second-order valence-electron chi connectivity index (χ2n) is 40.0. The number of ketones is 1. The maximum absolute atomic E-state index is 15.6. The number of carbonyl (C=O) groups is 13. The first-order valence-electron chi connectivity index (χ1n) is 42.3. The number of hydrogen-bond acceptors (Lipinski definition) is 39. The minimum atomic E-state index is -2.29. The van der Waals surface area contributed by atoms with E-state index in [1.165, 1.54) is 85.8 Å². The molecule has 0 radical (unpaired) electrons. The van der Waals surface area contributed by atoms with Crippen LogP contribution in [0.3, 0.4) is 0 Å². The van der Waals surface area contributed by atoms with Crippen molar-refractivity contribution in [1.29, 1.82) is 0 Å². The van der Waals surface area contributed by atoms with Crippen molar-refractivity contribution in [2.24, 2.45) is 54.1 Å². The molecule has 4 aromatic rings. The van der Waals surface area contributed by atoms with Gasteiger partial charge < -0.3 is 56.8 Å². The molecule has 0 aliphatic heterocycles. The highest BCUT2D eigenvalue weighted by Gasteiger charge is 2.53. The van der Waals surface area contributed by atoms with E-state index in [4.69, 9.17) is 111 Å². The molecule has 136 heavy (non-hydrogen) atoms. The number of hydrogen-bond donors (Lipinski definition) is 0. The minimum absolute atomic E-state index is 0.0764. The van der Waals surface area contributed by atoms with E-state index < -0.39 is 238 Å². The summed E-state index contributed by atoms with van der Waals surface area (Å²) < 4.78 is 72.9. The third-order valence-corrected chi connectivity index (χ3v) is 20.7. The quantitative estimate of drug-likeness (QED) is 0.0183.